The Morgan fingerprint density at radius 1 is 1.33 bits per heavy atom. The summed E-state index contributed by atoms with van der Waals surface area (Å²) in [7, 11) is 1.59. The molecule has 2 rings (SSSR count). The summed E-state index contributed by atoms with van der Waals surface area (Å²) in [5.74, 6) is 1.35. The van der Waals surface area contributed by atoms with E-state index in [-0.39, 0.29) is 0 Å². The van der Waals surface area contributed by atoms with Gasteiger partial charge in [-0.2, -0.15) is 0 Å². The van der Waals surface area contributed by atoms with E-state index in [4.69, 9.17) is 10.5 Å². The van der Waals surface area contributed by atoms with Crippen LogP contribution in [0.25, 0.3) is 0 Å². The molecule has 2 aromatic rings. The van der Waals surface area contributed by atoms with Crippen LogP contribution in [0.4, 0.5) is 11.5 Å². The number of rotatable bonds is 4. The quantitative estimate of drug-likeness (QED) is 0.907. The van der Waals surface area contributed by atoms with Gasteiger partial charge in [0.25, 0.3) is 0 Å². The van der Waals surface area contributed by atoms with Gasteiger partial charge in [-0.25, -0.2) is 9.97 Å². The van der Waals surface area contributed by atoms with E-state index < -0.39 is 0 Å². The number of hydrogen-bond acceptors (Lipinski definition) is 5. The van der Waals surface area contributed by atoms with Crippen molar-refractivity contribution in [3.8, 4) is 5.88 Å². The SMILES string of the molecule is COc1ccc(CNc2ncc(N)cc2Br)cn1. The van der Waals surface area contributed by atoms with E-state index in [2.05, 4.69) is 31.2 Å². The molecular formula is C12H13BrN4O. The van der Waals surface area contributed by atoms with Crippen LogP contribution in [0.15, 0.2) is 35.1 Å². The zero-order valence-electron chi connectivity index (χ0n) is 9.85. The van der Waals surface area contributed by atoms with Gasteiger partial charge in [-0.1, -0.05) is 6.07 Å². The smallest absolute Gasteiger partial charge is 0.212 e. The number of aromatic nitrogens is 2. The molecule has 2 heterocycles. The standard InChI is InChI=1S/C12H13BrN4O/c1-18-11-3-2-8(5-15-11)6-16-12-10(13)4-9(14)7-17-12/h2-5,7H,6,14H2,1H3,(H,16,17). The van der Waals surface area contributed by atoms with Crippen LogP contribution in [0.3, 0.4) is 0 Å². The molecule has 0 aliphatic rings. The molecule has 0 aromatic carbocycles. The van der Waals surface area contributed by atoms with Gasteiger partial charge in [0, 0.05) is 18.8 Å². The topological polar surface area (TPSA) is 73.1 Å². The van der Waals surface area contributed by atoms with Gasteiger partial charge >= 0.3 is 0 Å². The predicted octanol–water partition coefficient (Wildman–Crippen LogP) is 2.44. The first-order chi connectivity index (χ1) is 8.69. The number of anilines is 2. The maximum absolute atomic E-state index is 5.62. The van der Waals surface area contributed by atoms with Crippen molar-refractivity contribution in [1.82, 2.24) is 9.97 Å². The normalized spacial score (nSPS) is 10.1. The molecule has 0 atom stereocenters. The summed E-state index contributed by atoms with van der Waals surface area (Å²) in [4.78, 5) is 8.33. The average molecular weight is 309 g/mol. The number of nitrogens with zero attached hydrogens (tertiary/aromatic N) is 2. The number of halogens is 1. The van der Waals surface area contributed by atoms with Crippen LogP contribution in [-0.2, 0) is 6.54 Å². The molecule has 94 valence electrons. The molecule has 6 heteroatoms. The minimum Gasteiger partial charge on any atom is -0.481 e. The second-order valence-corrected chi connectivity index (χ2v) is 4.52. The van der Waals surface area contributed by atoms with Crippen molar-refractivity contribution >= 4 is 27.4 Å². The largest absolute Gasteiger partial charge is 0.481 e. The number of hydrogen-bond donors (Lipinski definition) is 2. The van der Waals surface area contributed by atoms with Crippen LogP contribution in [0, 0.1) is 0 Å². The minimum absolute atomic E-state index is 0.602. The molecule has 2 aromatic heterocycles. The fourth-order valence-electron chi connectivity index (χ4n) is 1.40. The lowest BCUT2D eigenvalue weighted by Crippen LogP contribution is -2.03. The van der Waals surface area contributed by atoms with Crippen LogP contribution in [-0.4, -0.2) is 17.1 Å². The van der Waals surface area contributed by atoms with E-state index in [0.29, 0.717) is 18.1 Å². The van der Waals surface area contributed by atoms with Gasteiger partial charge in [0.15, 0.2) is 0 Å². The summed E-state index contributed by atoms with van der Waals surface area (Å²) in [6.45, 7) is 0.631. The van der Waals surface area contributed by atoms with Crippen LogP contribution >= 0.6 is 15.9 Å². The minimum atomic E-state index is 0.602. The summed E-state index contributed by atoms with van der Waals surface area (Å²) in [5.41, 5.74) is 7.29. The van der Waals surface area contributed by atoms with Crippen LogP contribution < -0.4 is 15.8 Å². The molecule has 0 radical (unpaired) electrons. The Bertz CT molecular complexity index is 530. The van der Waals surface area contributed by atoms with Crippen molar-refractivity contribution in [3.63, 3.8) is 0 Å². The summed E-state index contributed by atoms with van der Waals surface area (Å²) in [5, 5.41) is 3.20. The van der Waals surface area contributed by atoms with Gasteiger partial charge in [-0.05, 0) is 27.6 Å². The van der Waals surface area contributed by atoms with E-state index in [0.717, 1.165) is 15.9 Å². The number of nitrogen functional groups attached to an aromatic ring is 1. The molecule has 0 spiro atoms. The molecule has 18 heavy (non-hydrogen) atoms. The monoisotopic (exact) mass is 308 g/mol. The van der Waals surface area contributed by atoms with E-state index in [9.17, 15) is 0 Å². The number of ether oxygens (including phenoxy) is 1. The fraction of sp³-hybridized carbons (Fsp3) is 0.167. The second-order valence-electron chi connectivity index (χ2n) is 3.66. The molecule has 0 saturated carbocycles. The highest BCUT2D eigenvalue weighted by Crippen LogP contribution is 2.22. The van der Waals surface area contributed by atoms with Crippen molar-refractivity contribution in [2.45, 2.75) is 6.54 Å². The molecular weight excluding hydrogens is 296 g/mol. The third kappa shape index (κ3) is 3.10. The molecule has 3 N–H and O–H groups in total. The maximum atomic E-state index is 5.62. The van der Waals surface area contributed by atoms with E-state index in [1.165, 1.54) is 0 Å². The van der Waals surface area contributed by atoms with Crippen molar-refractivity contribution in [3.05, 3.63) is 40.6 Å². The molecule has 0 aliphatic heterocycles. The van der Waals surface area contributed by atoms with Crippen molar-refractivity contribution < 1.29 is 4.74 Å². The van der Waals surface area contributed by atoms with Crippen LogP contribution in [0.2, 0.25) is 0 Å². The third-order valence-corrected chi connectivity index (χ3v) is 2.93. The van der Waals surface area contributed by atoms with E-state index in [1.54, 1.807) is 19.5 Å². The first-order valence-corrected chi connectivity index (χ1v) is 6.12. The number of methoxy groups -OCH3 is 1. The highest BCUT2D eigenvalue weighted by atomic mass is 79.9. The Labute approximate surface area is 114 Å². The molecule has 0 saturated heterocycles. The number of nitrogens with one attached hydrogen (secondary N) is 1. The lowest BCUT2D eigenvalue weighted by atomic mass is 10.3. The number of pyridine rings is 2. The lowest BCUT2D eigenvalue weighted by Gasteiger charge is -2.08. The molecule has 5 nitrogen and oxygen atoms in total. The summed E-state index contributed by atoms with van der Waals surface area (Å²) in [6, 6.07) is 5.58. The maximum Gasteiger partial charge on any atom is 0.212 e. The Balaban J connectivity index is 2.02. The first kappa shape index (κ1) is 12.6. The van der Waals surface area contributed by atoms with Gasteiger partial charge < -0.3 is 15.8 Å². The second kappa shape index (κ2) is 5.68. The van der Waals surface area contributed by atoms with E-state index >= 15 is 0 Å². The summed E-state index contributed by atoms with van der Waals surface area (Å²) < 4.78 is 5.84. The van der Waals surface area contributed by atoms with Gasteiger partial charge in [-0.3, -0.25) is 0 Å². The molecule has 0 aliphatic carbocycles. The van der Waals surface area contributed by atoms with Crippen molar-refractivity contribution in [1.29, 1.82) is 0 Å². The third-order valence-electron chi connectivity index (χ3n) is 2.33. The van der Waals surface area contributed by atoms with Gasteiger partial charge in [0.05, 0.1) is 23.5 Å². The predicted molar refractivity (Wildman–Crippen MR) is 74.5 cm³/mol. The van der Waals surface area contributed by atoms with Gasteiger partial charge in [0.2, 0.25) is 5.88 Å². The average Bonchev–Trinajstić information content (AvgIpc) is 2.38. The summed E-state index contributed by atoms with van der Waals surface area (Å²) in [6.07, 6.45) is 3.37. The summed E-state index contributed by atoms with van der Waals surface area (Å²) >= 11 is 3.40. The van der Waals surface area contributed by atoms with Gasteiger partial charge in [-0.15, -0.1) is 0 Å². The Morgan fingerprint density at radius 3 is 2.78 bits per heavy atom. The lowest BCUT2D eigenvalue weighted by molar-refractivity contribution is 0.397. The fourth-order valence-corrected chi connectivity index (χ4v) is 1.91. The van der Waals surface area contributed by atoms with Crippen molar-refractivity contribution in [2.24, 2.45) is 0 Å². The highest BCUT2D eigenvalue weighted by molar-refractivity contribution is 9.10. The first-order valence-electron chi connectivity index (χ1n) is 5.33. The zero-order valence-corrected chi connectivity index (χ0v) is 11.4. The van der Waals surface area contributed by atoms with Crippen LogP contribution in [0.1, 0.15) is 5.56 Å². The molecule has 0 unspecified atom stereocenters. The van der Waals surface area contributed by atoms with E-state index in [1.807, 2.05) is 18.2 Å². The molecule has 0 bridgehead atoms. The van der Waals surface area contributed by atoms with Crippen LogP contribution in [0.5, 0.6) is 5.88 Å². The Kier molecular flexibility index (Phi) is 3.99. The Morgan fingerprint density at radius 2 is 2.17 bits per heavy atom. The Hall–Kier alpha value is -1.82. The number of nitrogens with two attached hydrogens (primary N) is 1. The van der Waals surface area contributed by atoms with Gasteiger partial charge in [0.1, 0.15) is 5.82 Å². The molecule has 0 fully saturated rings. The molecule has 0 amide bonds. The highest BCUT2D eigenvalue weighted by Gasteiger charge is 2.02. The van der Waals surface area contributed by atoms with Crippen molar-refractivity contribution in [2.75, 3.05) is 18.2 Å². The zero-order chi connectivity index (χ0) is 13.0.